The minimum absolute atomic E-state index is 0.0354. The first kappa shape index (κ1) is 65.2. The van der Waals surface area contributed by atoms with Crippen molar-refractivity contribution in [2.45, 2.75) is 273 Å². The average Bonchev–Trinajstić information content (AvgIpc) is 1.03. The number of rotatable bonds is 13. The molecule has 0 aromatic rings. The summed E-state index contributed by atoms with van der Waals surface area (Å²) in [5, 5.41) is 152. The van der Waals surface area contributed by atoms with Gasteiger partial charge in [-0.1, -0.05) is 39.8 Å². The largest absolute Gasteiger partial charge is 0.432 e. The Labute approximate surface area is 490 Å². The number of carbonyl (C=O) groups is 1. The number of hydrogen-bond acceptors (Lipinski definition) is 25. The average molecular weight is 1210 g/mol. The highest BCUT2D eigenvalue weighted by molar-refractivity contribution is 5.78. The number of carbonyl (C=O) groups excluding carboxylic acids is 1. The van der Waals surface area contributed by atoms with Crippen molar-refractivity contribution in [3.63, 3.8) is 0 Å². The maximum atomic E-state index is 15.2. The topological polar surface area (TPSA) is 393 Å². The van der Waals surface area contributed by atoms with E-state index in [9.17, 15) is 71.5 Å². The molecule has 5 aliphatic carbocycles. The normalized spacial score (nSPS) is 56.8. The number of fused-ring (bicyclic) bond motifs is 7. The summed E-state index contributed by atoms with van der Waals surface area (Å²) < 4.78 is 59.8. The lowest BCUT2D eigenvalue weighted by Crippen LogP contribution is -2.68. The van der Waals surface area contributed by atoms with Crippen molar-refractivity contribution in [3.05, 3.63) is 12.2 Å². The third-order valence-electron chi connectivity index (χ3n) is 23.6. The molecule has 5 heterocycles. The Bertz CT molecular complexity index is 2320. The van der Waals surface area contributed by atoms with E-state index in [1.807, 2.05) is 13.8 Å². The van der Waals surface area contributed by atoms with Crippen molar-refractivity contribution in [2.24, 2.45) is 56.7 Å². The summed E-state index contributed by atoms with van der Waals surface area (Å²) in [6, 6.07) is 0. The Hall–Kier alpha value is -1.71. The second kappa shape index (κ2) is 24.2. The summed E-state index contributed by atoms with van der Waals surface area (Å²) in [5.41, 5.74) is -1.71. The predicted octanol–water partition coefficient (Wildman–Crippen LogP) is -1.66. The SMILES string of the molecule is C=C(C)[C@@H]1CC[C@]2(C(=O)O[C@@H]3O[C@H](CO[C@@H]4O[C@H](C)[C@@H](O[C@@H]5O[C@@H](C)[C@H](O)[C@@H](O)[C@H]5O)[C@H](O)[C@H]4O)[C@@H](O)[C@H](O)[C@H]3O)CC[C@]3(C)[C@H](CC[C@@H]4[C@@]5(C)CC[C@H](O[C@@H]6OC[C@H](O)[C@H](O)[C@H]6O[C@@H]6O[C@@H](C)[C@H](O)[C@@H](O)[C@H]6O)[C@@](C)(CO)[C@@H]5CC[C@]43C)[C@H]12. The predicted molar refractivity (Wildman–Crippen MR) is 287 cm³/mol. The van der Waals surface area contributed by atoms with E-state index < -0.39 is 177 Å². The lowest BCUT2D eigenvalue weighted by atomic mass is 9.32. The van der Waals surface area contributed by atoms with E-state index in [-0.39, 0.29) is 59.0 Å². The Morgan fingerprint density at radius 1 is 0.536 bits per heavy atom. The zero-order valence-corrected chi connectivity index (χ0v) is 49.5. The maximum Gasteiger partial charge on any atom is 0.314 e. The van der Waals surface area contributed by atoms with Crippen LogP contribution in [0.2, 0.25) is 0 Å². The van der Waals surface area contributed by atoms with Gasteiger partial charge < -0.3 is 119 Å². The van der Waals surface area contributed by atoms with Gasteiger partial charge in [0.05, 0.1) is 49.7 Å². The molecule has 5 aliphatic heterocycles. The van der Waals surface area contributed by atoms with Crippen LogP contribution in [-0.4, -0.2) is 251 Å². The van der Waals surface area contributed by atoms with Gasteiger partial charge in [-0.15, -0.1) is 0 Å². The van der Waals surface area contributed by atoms with E-state index in [1.165, 1.54) is 20.8 Å². The quantitative estimate of drug-likeness (QED) is 0.0557. The van der Waals surface area contributed by atoms with Crippen molar-refractivity contribution in [1.82, 2.24) is 0 Å². The molecular formula is C59H96O25. The molecule has 5 saturated heterocycles. The van der Waals surface area contributed by atoms with E-state index >= 15 is 4.79 Å². The molecule has 5 saturated carbocycles. The van der Waals surface area contributed by atoms with Crippen molar-refractivity contribution >= 4 is 5.97 Å². The summed E-state index contributed by atoms with van der Waals surface area (Å²) in [5.74, 6) is -0.654. The highest BCUT2D eigenvalue weighted by Crippen LogP contribution is 2.78. The number of aliphatic hydroxyl groups excluding tert-OH is 14. The first-order valence-corrected chi connectivity index (χ1v) is 30.5. The highest BCUT2D eigenvalue weighted by Gasteiger charge is 2.73. The summed E-state index contributed by atoms with van der Waals surface area (Å²) in [6.45, 7) is 19.0. The van der Waals surface area contributed by atoms with Gasteiger partial charge in [0.25, 0.3) is 0 Å². The van der Waals surface area contributed by atoms with E-state index in [2.05, 4.69) is 27.4 Å². The summed E-state index contributed by atoms with van der Waals surface area (Å²) in [7, 11) is 0. The molecule has 0 bridgehead atoms. The summed E-state index contributed by atoms with van der Waals surface area (Å²) in [6.07, 6.45) is -29.7. The number of allylic oxidation sites excluding steroid dienone is 1. The fourth-order valence-corrected chi connectivity index (χ4v) is 18.4. The molecule has 0 unspecified atom stereocenters. The molecular weight excluding hydrogens is 1110 g/mol. The lowest BCUT2D eigenvalue weighted by molar-refractivity contribution is -0.366. The zero-order chi connectivity index (χ0) is 61.2. The van der Waals surface area contributed by atoms with Gasteiger partial charge in [0.15, 0.2) is 25.2 Å². The maximum absolute atomic E-state index is 15.2. The van der Waals surface area contributed by atoms with Crippen LogP contribution in [0, 0.1) is 56.7 Å². The molecule has 10 aliphatic rings. The fraction of sp³-hybridized carbons (Fsp3) is 0.949. The van der Waals surface area contributed by atoms with Crippen LogP contribution in [0.5, 0.6) is 0 Å². The van der Waals surface area contributed by atoms with Gasteiger partial charge in [0.1, 0.15) is 97.7 Å². The molecule has 35 atom stereocenters. The minimum Gasteiger partial charge on any atom is -0.432 e. The molecule has 0 aromatic heterocycles. The second-order valence-electron chi connectivity index (χ2n) is 27.9. The van der Waals surface area contributed by atoms with E-state index in [4.69, 9.17) is 47.4 Å². The molecule has 0 radical (unpaired) electrons. The molecule has 14 N–H and O–H groups in total. The number of aliphatic hydroxyl groups is 14. The van der Waals surface area contributed by atoms with Gasteiger partial charge in [-0.3, -0.25) is 4.79 Å². The third-order valence-corrected chi connectivity index (χ3v) is 23.6. The Kier molecular flexibility index (Phi) is 18.8. The standard InChI is InChI=1S/C59H96O25/c1-23(2)27-12-17-59(54(74)84-52-45(72)41(68)38(65)30(80-52)21-76-49-46(73)42(69)47(26(5)79-49)82-50-43(70)39(66)35(62)24(3)77-50)19-18-57(8)28(34(27)59)10-11-32-55(6)15-14-33(56(7,22-60)31(55)13-16-58(32,57)9)81-53-48(37(64)29(61)20-75-53)83-51-44(71)40(67)36(63)25(4)78-51/h24-53,60-73H,1,10-22H2,2-9H3/t24-,25-,26+,27-,28+,29-,30+,31+,32+,33-,34-,35-,36-,37-,38+,39+,40+,41-,42+,43+,44+,45+,46+,47+,48+,49+,50-,51-,52-,53-,55-,56-,57+,58+,59-/m0/s1. The Morgan fingerprint density at radius 2 is 1.12 bits per heavy atom. The molecule has 482 valence electrons. The Morgan fingerprint density at radius 3 is 1.74 bits per heavy atom. The van der Waals surface area contributed by atoms with Crippen LogP contribution in [-0.2, 0) is 52.2 Å². The van der Waals surface area contributed by atoms with Crippen molar-refractivity contribution in [3.8, 4) is 0 Å². The highest BCUT2D eigenvalue weighted by atomic mass is 16.8. The van der Waals surface area contributed by atoms with Gasteiger partial charge in [-0.25, -0.2) is 0 Å². The van der Waals surface area contributed by atoms with Gasteiger partial charge in [0.2, 0.25) is 6.29 Å². The van der Waals surface area contributed by atoms with Crippen LogP contribution in [0.3, 0.4) is 0 Å². The van der Waals surface area contributed by atoms with Crippen molar-refractivity contribution in [2.75, 3.05) is 19.8 Å². The van der Waals surface area contributed by atoms with Crippen LogP contribution in [0.15, 0.2) is 12.2 Å². The van der Waals surface area contributed by atoms with Crippen molar-refractivity contribution in [1.29, 1.82) is 0 Å². The van der Waals surface area contributed by atoms with Crippen LogP contribution < -0.4 is 0 Å². The van der Waals surface area contributed by atoms with E-state index in [1.54, 1.807) is 0 Å². The molecule has 25 heteroatoms. The van der Waals surface area contributed by atoms with Crippen LogP contribution in [0.4, 0.5) is 0 Å². The third kappa shape index (κ3) is 10.6. The fourth-order valence-electron chi connectivity index (χ4n) is 18.4. The molecule has 0 aromatic carbocycles. The molecule has 10 fully saturated rings. The Balaban J connectivity index is 0.817. The lowest BCUT2D eigenvalue weighted by Gasteiger charge is -2.73. The minimum atomic E-state index is -1.86. The second-order valence-corrected chi connectivity index (χ2v) is 27.9. The van der Waals surface area contributed by atoms with Gasteiger partial charge in [-0.2, -0.15) is 0 Å². The first-order chi connectivity index (χ1) is 39.4. The monoisotopic (exact) mass is 1200 g/mol. The molecule has 25 nitrogen and oxygen atoms in total. The van der Waals surface area contributed by atoms with Gasteiger partial charge in [0, 0.05) is 5.41 Å². The zero-order valence-electron chi connectivity index (χ0n) is 49.5. The number of hydrogen-bond donors (Lipinski definition) is 14. The van der Waals surface area contributed by atoms with Crippen LogP contribution >= 0.6 is 0 Å². The summed E-state index contributed by atoms with van der Waals surface area (Å²) in [4.78, 5) is 15.2. The van der Waals surface area contributed by atoms with Gasteiger partial charge in [-0.05, 0) is 138 Å². The van der Waals surface area contributed by atoms with Crippen molar-refractivity contribution < 1.29 is 124 Å². The summed E-state index contributed by atoms with van der Waals surface area (Å²) >= 11 is 0. The molecule has 0 amide bonds. The van der Waals surface area contributed by atoms with Gasteiger partial charge >= 0.3 is 5.97 Å². The smallest absolute Gasteiger partial charge is 0.314 e. The van der Waals surface area contributed by atoms with E-state index in [0.29, 0.717) is 32.1 Å². The van der Waals surface area contributed by atoms with Crippen LogP contribution in [0.1, 0.15) is 120 Å². The van der Waals surface area contributed by atoms with Crippen LogP contribution in [0.25, 0.3) is 0 Å². The van der Waals surface area contributed by atoms with E-state index in [0.717, 1.165) is 37.7 Å². The molecule has 0 spiro atoms. The first-order valence-electron chi connectivity index (χ1n) is 30.5. The number of esters is 1. The number of ether oxygens (including phenoxy) is 10. The molecule has 84 heavy (non-hydrogen) atoms. The molecule has 10 rings (SSSR count).